The summed E-state index contributed by atoms with van der Waals surface area (Å²) in [6, 6.07) is 7.76. The molecule has 0 aliphatic heterocycles. The summed E-state index contributed by atoms with van der Waals surface area (Å²) in [7, 11) is 0. The lowest BCUT2D eigenvalue weighted by atomic mass is 10.1. The molecule has 24 heavy (non-hydrogen) atoms. The van der Waals surface area contributed by atoms with Gasteiger partial charge in [0.05, 0.1) is 15.4 Å². The maximum absolute atomic E-state index is 12.6. The molecule has 2 rings (SSSR count). The van der Waals surface area contributed by atoms with Crippen LogP contribution in [0.1, 0.15) is 11.1 Å². The number of nitro groups is 2. The molecule has 0 saturated heterocycles. The van der Waals surface area contributed by atoms with Crippen molar-refractivity contribution in [3.63, 3.8) is 0 Å². The predicted octanol–water partition coefficient (Wildman–Crippen LogP) is 4.13. The quantitative estimate of drug-likeness (QED) is 0.651. The summed E-state index contributed by atoms with van der Waals surface area (Å²) in [5.41, 5.74) is -2.02. The van der Waals surface area contributed by atoms with E-state index in [0.717, 1.165) is 6.07 Å². The van der Waals surface area contributed by atoms with Crippen molar-refractivity contribution < 1.29 is 23.0 Å². The molecule has 0 aliphatic rings. The van der Waals surface area contributed by atoms with Crippen molar-refractivity contribution in [3.8, 4) is 0 Å². The first-order chi connectivity index (χ1) is 11.2. The van der Waals surface area contributed by atoms with Crippen LogP contribution in [0.25, 0.3) is 0 Å². The zero-order valence-corrected chi connectivity index (χ0v) is 11.9. The molecule has 0 atom stereocenters. The van der Waals surface area contributed by atoms with Crippen LogP contribution in [-0.2, 0) is 12.7 Å². The summed E-state index contributed by atoms with van der Waals surface area (Å²) in [6.07, 6.45) is -4.71. The van der Waals surface area contributed by atoms with Crippen LogP contribution in [0.2, 0.25) is 0 Å². The minimum Gasteiger partial charge on any atom is -0.375 e. The molecule has 0 fully saturated rings. The fraction of sp³-hybridized carbons (Fsp3) is 0.143. The van der Waals surface area contributed by atoms with Gasteiger partial charge >= 0.3 is 6.18 Å². The molecule has 0 heterocycles. The van der Waals surface area contributed by atoms with Gasteiger partial charge in [0.15, 0.2) is 0 Å². The fourth-order valence-corrected chi connectivity index (χ4v) is 2.04. The Balaban J connectivity index is 2.31. The van der Waals surface area contributed by atoms with Crippen LogP contribution < -0.4 is 5.32 Å². The van der Waals surface area contributed by atoms with Gasteiger partial charge in [0, 0.05) is 24.2 Å². The number of nitrogens with one attached hydrogen (secondary N) is 1. The van der Waals surface area contributed by atoms with Crippen molar-refractivity contribution in [2.75, 3.05) is 5.32 Å². The standard InChI is InChI=1S/C14H10F3N3O4/c15-14(16,17)10-5-6-11(13(7-10)20(23)24)18-8-9-3-1-2-4-12(9)19(21)22/h1-7,18H,8H2. The second kappa shape index (κ2) is 6.52. The third-order valence-corrected chi connectivity index (χ3v) is 3.18. The van der Waals surface area contributed by atoms with E-state index in [9.17, 15) is 33.4 Å². The number of nitro benzene ring substituents is 2. The van der Waals surface area contributed by atoms with Crippen molar-refractivity contribution >= 4 is 17.1 Å². The van der Waals surface area contributed by atoms with Gasteiger partial charge in [-0.1, -0.05) is 18.2 Å². The number of alkyl halides is 3. The maximum atomic E-state index is 12.6. The van der Waals surface area contributed by atoms with Gasteiger partial charge in [-0.05, 0) is 12.1 Å². The van der Waals surface area contributed by atoms with Gasteiger partial charge in [-0.15, -0.1) is 0 Å². The van der Waals surface area contributed by atoms with E-state index in [1.165, 1.54) is 18.2 Å². The lowest BCUT2D eigenvalue weighted by Gasteiger charge is -2.10. The first kappa shape index (κ1) is 17.2. The number of nitrogens with zero attached hydrogens (tertiary/aromatic N) is 2. The number of para-hydroxylation sites is 1. The molecule has 0 aliphatic carbocycles. The molecule has 126 valence electrons. The van der Waals surface area contributed by atoms with Crippen molar-refractivity contribution in [3.05, 3.63) is 73.8 Å². The van der Waals surface area contributed by atoms with E-state index in [4.69, 9.17) is 0 Å². The Morgan fingerprint density at radius 1 is 0.958 bits per heavy atom. The average Bonchev–Trinajstić information content (AvgIpc) is 2.51. The Hall–Kier alpha value is -3.17. The Bertz CT molecular complexity index is 793. The number of hydrogen-bond acceptors (Lipinski definition) is 5. The highest BCUT2D eigenvalue weighted by Gasteiger charge is 2.33. The number of benzene rings is 2. The van der Waals surface area contributed by atoms with Gasteiger partial charge in [0.1, 0.15) is 5.69 Å². The number of anilines is 1. The van der Waals surface area contributed by atoms with Crippen LogP contribution in [-0.4, -0.2) is 9.85 Å². The van der Waals surface area contributed by atoms with Crippen molar-refractivity contribution in [1.82, 2.24) is 0 Å². The molecule has 0 unspecified atom stereocenters. The van der Waals surface area contributed by atoms with Gasteiger partial charge in [-0.2, -0.15) is 13.2 Å². The zero-order valence-electron chi connectivity index (χ0n) is 11.9. The Labute approximate surface area is 133 Å². The summed E-state index contributed by atoms with van der Waals surface area (Å²) < 4.78 is 37.9. The highest BCUT2D eigenvalue weighted by molar-refractivity contribution is 5.63. The van der Waals surface area contributed by atoms with Gasteiger partial charge in [-0.3, -0.25) is 20.2 Å². The smallest absolute Gasteiger partial charge is 0.375 e. The SMILES string of the molecule is O=[N+]([O-])c1ccccc1CNc1ccc(C(F)(F)F)cc1[N+](=O)[O-]. The first-order valence-corrected chi connectivity index (χ1v) is 6.52. The van der Waals surface area contributed by atoms with Gasteiger partial charge < -0.3 is 5.32 Å². The first-order valence-electron chi connectivity index (χ1n) is 6.52. The van der Waals surface area contributed by atoms with Gasteiger partial charge in [-0.25, -0.2) is 0 Å². The predicted molar refractivity (Wildman–Crippen MR) is 78.5 cm³/mol. The summed E-state index contributed by atoms with van der Waals surface area (Å²) in [6.45, 7) is -0.149. The molecule has 0 amide bonds. The van der Waals surface area contributed by atoms with Crippen LogP contribution in [0.5, 0.6) is 0 Å². The molecular formula is C14H10F3N3O4. The molecule has 1 N–H and O–H groups in total. The molecule has 2 aromatic rings. The van der Waals surface area contributed by atoms with Crippen molar-refractivity contribution in [2.24, 2.45) is 0 Å². The number of halogens is 3. The molecule has 2 aromatic carbocycles. The summed E-state index contributed by atoms with van der Waals surface area (Å²) in [5, 5.41) is 24.5. The number of hydrogen-bond donors (Lipinski definition) is 1. The highest BCUT2D eigenvalue weighted by Crippen LogP contribution is 2.35. The largest absolute Gasteiger partial charge is 0.416 e. The summed E-state index contributed by atoms with van der Waals surface area (Å²) in [5.74, 6) is 0. The van der Waals surface area contributed by atoms with E-state index in [-0.39, 0.29) is 23.5 Å². The topological polar surface area (TPSA) is 98.3 Å². The monoisotopic (exact) mass is 341 g/mol. The van der Waals surface area contributed by atoms with Gasteiger partial charge in [0.25, 0.3) is 11.4 Å². The Morgan fingerprint density at radius 2 is 1.58 bits per heavy atom. The van der Waals surface area contributed by atoms with Crippen molar-refractivity contribution in [2.45, 2.75) is 12.7 Å². The fourth-order valence-electron chi connectivity index (χ4n) is 2.04. The molecule has 0 radical (unpaired) electrons. The number of rotatable bonds is 5. The minimum absolute atomic E-state index is 0.149. The van der Waals surface area contributed by atoms with Crippen molar-refractivity contribution in [1.29, 1.82) is 0 Å². The summed E-state index contributed by atoms with van der Waals surface area (Å²) >= 11 is 0. The van der Waals surface area contributed by atoms with E-state index in [1.54, 1.807) is 6.07 Å². The molecule has 0 spiro atoms. The molecule has 0 bridgehead atoms. The lowest BCUT2D eigenvalue weighted by molar-refractivity contribution is -0.385. The van der Waals surface area contributed by atoms with E-state index in [2.05, 4.69) is 5.32 Å². The molecular weight excluding hydrogens is 331 g/mol. The van der Waals surface area contributed by atoms with E-state index >= 15 is 0 Å². The van der Waals surface area contributed by atoms with Crippen LogP contribution >= 0.6 is 0 Å². The van der Waals surface area contributed by atoms with Crippen LogP contribution in [0.15, 0.2) is 42.5 Å². The van der Waals surface area contributed by atoms with Crippen LogP contribution in [0.3, 0.4) is 0 Å². The average molecular weight is 341 g/mol. The molecule has 7 nitrogen and oxygen atoms in total. The minimum atomic E-state index is -4.71. The second-order valence-electron chi connectivity index (χ2n) is 4.73. The molecule has 0 saturated carbocycles. The normalized spacial score (nSPS) is 11.1. The van der Waals surface area contributed by atoms with E-state index < -0.39 is 27.3 Å². The van der Waals surface area contributed by atoms with E-state index in [0.29, 0.717) is 12.1 Å². The third-order valence-electron chi connectivity index (χ3n) is 3.18. The summed E-state index contributed by atoms with van der Waals surface area (Å²) in [4.78, 5) is 20.3. The molecule has 0 aromatic heterocycles. The lowest BCUT2D eigenvalue weighted by Crippen LogP contribution is -2.08. The van der Waals surface area contributed by atoms with Crippen LogP contribution in [0.4, 0.5) is 30.2 Å². The third kappa shape index (κ3) is 3.77. The maximum Gasteiger partial charge on any atom is 0.416 e. The highest BCUT2D eigenvalue weighted by atomic mass is 19.4. The van der Waals surface area contributed by atoms with Crippen LogP contribution in [0, 0.1) is 20.2 Å². The van der Waals surface area contributed by atoms with E-state index in [1.807, 2.05) is 0 Å². The zero-order chi connectivity index (χ0) is 17.9. The van der Waals surface area contributed by atoms with Gasteiger partial charge in [0.2, 0.25) is 0 Å². The Kier molecular flexibility index (Phi) is 4.67. The second-order valence-corrected chi connectivity index (χ2v) is 4.73. The molecule has 10 heteroatoms. The Morgan fingerprint density at radius 3 is 2.17 bits per heavy atom.